The highest BCUT2D eigenvalue weighted by molar-refractivity contribution is 7.84. The van der Waals surface area contributed by atoms with Crippen molar-refractivity contribution < 1.29 is 4.21 Å². The van der Waals surface area contributed by atoms with Gasteiger partial charge in [-0.3, -0.25) is 4.21 Å². The highest BCUT2D eigenvalue weighted by Gasteiger charge is 2.12. The van der Waals surface area contributed by atoms with E-state index >= 15 is 0 Å². The second kappa shape index (κ2) is 7.70. The van der Waals surface area contributed by atoms with Crippen LogP contribution in [-0.2, 0) is 17.2 Å². The van der Waals surface area contributed by atoms with E-state index in [0.717, 1.165) is 12.2 Å². The van der Waals surface area contributed by atoms with Crippen LogP contribution in [0.15, 0.2) is 24.3 Å². The summed E-state index contributed by atoms with van der Waals surface area (Å²) < 4.78 is 11.6. The average Bonchev–Trinajstić information content (AvgIpc) is 2.36. The molecular weight excluding hydrogens is 242 g/mol. The van der Waals surface area contributed by atoms with Crippen molar-refractivity contribution in [3.8, 4) is 0 Å². The van der Waals surface area contributed by atoms with Crippen molar-refractivity contribution in [3.63, 3.8) is 0 Å². The number of nitrogens with one attached hydrogen (secondary N) is 1. The van der Waals surface area contributed by atoms with Gasteiger partial charge < -0.3 is 5.32 Å². The van der Waals surface area contributed by atoms with E-state index in [4.69, 9.17) is 0 Å². The molecule has 0 radical (unpaired) electrons. The molecule has 0 saturated heterocycles. The Balaban J connectivity index is 2.72. The lowest BCUT2D eigenvalue weighted by Gasteiger charge is -2.16. The van der Waals surface area contributed by atoms with Crippen LogP contribution in [-0.4, -0.2) is 22.8 Å². The van der Waals surface area contributed by atoms with Crippen molar-refractivity contribution >= 4 is 10.8 Å². The molecule has 2 atom stereocenters. The van der Waals surface area contributed by atoms with Gasteiger partial charge in [-0.2, -0.15) is 0 Å². The molecule has 102 valence electrons. The predicted octanol–water partition coefficient (Wildman–Crippen LogP) is 2.91. The SMILES string of the molecule is CCS(=O)CC(NC)c1ccc(CC(C)C)cc1. The monoisotopic (exact) mass is 267 g/mol. The number of hydrogen-bond donors (Lipinski definition) is 1. The molecule has 2 nitrogen and oxygen atoms in total. The van der Waals surface area contributed by atoms with Crippen molar-refractivity contribution in [2.45, 2.75) is 33.2 Å². The van der Waals surface area contributed by atoms with Crippen molar-refractivity contribution in [3.05, 3.63) is 35.4 Å². The first-order valence-corrected chi connectivity index (χ1v) is 8.16. The van der Waals surface area contributed by atoms with Gasteiger partial charge in [0.25, 0.3) is 0 Å². The maximum Gasteiger partial charge on any atom is 0.0434 e. The standard InChI is InChI=1S/C15H25NOS/c1-5-18(17)11-15(16-4)14-8-6-13(7-9-14)10-12(2)3/h6-9,12,15-16H,5,10-11H2,1-4H3. The fraction of sp³-hybridized carbons (Fsp3) is 0.600. The Morgan fingerprint density at radius 3 is 2.28 bits per heavy atom. The zero-order chi connectivity index (χ0) is 13.5. The van der Waals surface area contributed by atoms with Gasteiger partial charge in [0, 0.05) is 28.3 Å². The predicted molar refractivity (Wildman–Crippen MR) is 80.3 cm³/mol. The molecule has 1 rings (SSSR count). The fourth-order valence-electron chi connectivity index (χ4n) is 2.01. The Hall–Kier alpha value is -0.670. The Kier molecular flexibility index (Phi) is 6.58. The summed E-state index contributed by atoms with van der Waals surface area (Å²) in [5.74, 6) is 2.10. The second-order valence-electron chi connectivity index (χ2n) is 5.08. The fourth-order valence-corrected chi connectivity index (χ4v) is 2.97. The third kappa shape index (κ3) is 4.91. The van der Waals surface area contributed by atoms with E-state index in [1.165, 1.54) is 11.1 Å². The lowest BCUT2D eigenvalue weighted by Crippen LogP contribution is -2.23. The first kappa shape index (κ1) is 15.4. The second-order valence-corrected chi connectivity index (χ2v) is 6.87. The molecule has 0 aromatic heterocycles. The minimum Gasteiger partial charge on any atom is -0.312 e. The summed E-state index contributed by atoms with van der Waals surface area (Å²) in [5.41, 5.74) is 2.60. The number of rotatable bonds is 7. The maximum atomic E-state index is 11.6. The van der Waals surface area contributed by atoms with E-state index in [1.807, 2.05) is 14.0 Å². The van der Waals surface area contributed by atoms with Gasteiger partial charge in [0.15, 0.2) is 0 Å². The first-order valence-electron chi connectivity index (χ1n) is 6.67. The Morgan fingerprint density at radius 1 is 1.22 bits per heavy atom. The van der Waals surface area contributed by atoms with Crippen LogP contribution in [0.25, 0.3) is 0 Å². The molecule has 0 amide bonds. The molecule has 18 heavy (non-hydrogen) atoms. The molecule has 0 fully saturated rings. The summed E-state index contributed by atoms with van der Waals surface area (Å²) in [4.78, 5) is 0. The van der Waals surface area contributed by atoms with Gasteiger partial charge in [-0.15, -0.1) is 0 Å². The van der Waals surface area contributed by atoms with Crippen LogP contribution in [0.4, 0.5) is 0 Å². The summed E-state index contributed by atoms with van der Waals surface area (Å²) in [6.45, 7) is 6.43. The van der Waals surface area contributed by atoms with Crippen molar-refractivity contribution in [1.82, 2.24) is 5.32 Å². The Morgan fingerprint density at radius 2 is 1.83 bits per heavy atom. The quantitative estimate of drug-likeness (QED) is 0.823. The van der Waals surface area contributed by atoms with Gasteiger partial charge in [-0.05, 0) is 30.5 Å². The molecule has 0 aliphatic rings. The van der Waals surface area contributed by atoms with Gasteiger partial charge in [-0.1, -0.05) is 45.0 Å². The van der Waals surface area contributed by atoms with E-state index in [1.54, 1.807) is 0 Å². The van der Waals surface area contributed by atoms with Gasteiger partial charge in [-0.25, -0.2) is 0 Å². The maximum absolute atomic E-state index is 11.6. The first-order chi connectivity index (χ1) is 8.56. The lowest BCUT2D eigenvalue weighted by molar-refractivity contribution is 0.633. The summed E-state index contributed by atoms with van der Waals surface area (Å²) in [6, 6.07) is 8.89. The highest BCUT2D eigenvalue weighted by Crippen LogP contribution is 2.16. The van der Waals surface area contributed by atoms with Gasteiger partial charge in [0.05, 0.1) is 0 Å². The molecule has 3 heteroatoms. The average molecular weight is 267 g/mol. The minimum absolute atomic E-state index is 0.193. The molecule has 1 N–H and O–H groups in total. The van der Waals surface area contributed by atoms with Crippen molar-refractivity contribution in [2.24, 2.45) is 5.92 Å². The zero-order valence-corrected chi connectivity index (χ0v) is 12.7. The van der Waals surface area contributed by atoms with Crippen LogP contribution in [0.2, 0.25) is 0 Å². The molecule has 1 aromatic rings. The van der Waals surface area contributed by atoms with E-state index in [9.17, 15) is 4.21 Å². The number of benzene rings is 1. The summed E-state index contributed by atoms with van der Waals surface area (Å²) in [7, 11) is 1.20. The smallest absolute Gasteiger partial charge is 0.0434 e. The highest BCUT2D eigenvalue weighted by atomic mass is 32.2. The van der Waals surface area contributed by atoms with E-state index in [0.29, 0.717) is 11.7 Å². The van der Waals surface area contributed by atoms with Crippen LogP contribution < -0.4 is 5.32 Å². The molecule has 1 aromatic carbocycles. The Bertz CT molecular complexity index is 373. The molecule has 0 bridgehead atoms. The van der Waals surface area contributed by atoms with Crippen LogP contribution >= 0.6 is 0 Å². The summed E-state index contributed by atoms with van der Waals surface area (Å²) in [5, 5.41) is 3.25. The van der Waals surface area contributed by atoms with Gasteiger partial charge >= 0.3 is 0 Å². The minimum atomic E-state index is -0.734. The van der Waals surface area contributed by atoms with Gasteiger partial charge in [0.2, 0.25) is 0 Å². The van der Waals surface area contributed by atoms with E-state index in [2.05, 4.69) is 43.4 Å². The number of hydrogen-bond acceptors (Lipinski definition) is 2. The molecular formula is C15H25NOS. The van der Waals surface area contributed by atoms with Crippen molar-refractivity contribution in [1.29, 1.82) is 0 Å². The topological polar surface area (TPSA) is 29.1 Å². The lowest BCUT2D eigenvalue weighted by atomic mass is 10.00. The van der Waals surface area contributed by atoms with Crippen LogP contribution in [0.5, 0.6) is 0 Å². The van der Waals surface area contributed by atoms with E-state index in [-0.39, 0.29) is 6.04 Å². The van der Waals surface area contributed by atoms with Crippen molar-refractivity contribution in [2.75, 3.05) is 18.6 Å². The Labute approximate surface area is 114 Å². The molecule has 0 spiro atoms. The third-order valence-corrected chi connectivity index (χ3v) is 4.40. The normalized spacial score (nSPS) is 14.7. The molecule has 0 aliphatic heterocycles. The van der Waals surface area contributed by atoms with Crippen LogP contribution in [0.1, 0.15) is 37.9 Å². The van der Waals surface area contributed by atoms with E-state index < -0.39 is 10.8 Å². The molecule has 0 aliphatic carbocycles. The molecule has 0 heterocycles. The molecule has 2 unspecified atom stereocenters. The third-order valence-electron chi connectivity index (χ3n) is 3.05. The van der Waals surface area contributed by atoms with Crippen LogP contribution in [0, 0.1) is 5.92 Å². The summed E-state index contributed by atoms with van der Waals surface area (Å²) >= 11 is 0. The largest absolute Gasteiger partial charge is 0.312 e. The summed E-state index contributed by atoms with van der Waals surface area (Å²) in [6.07, 6.45) is 1.12. The molecule has 0 saturated carbocycles. The van der Waals surface area contributed by atoms with Crippen LogP contribution in [0.3, 0.4) is 0 Å². The zero-order valence-electron chi connectivity index (χ0n) is 11.9. The van der Waals surface area contributed by atoms with Gasteiger partial charge in [0.1, 0.15) is 0 Å².